The second kappa shape index (κ2) is 21.9. The Morgan fingerprint density at radius 1 is 1.32 bits per heavy atom. The van der Waals surface area contributed by atoms with Crippen LogP contribution in [0.5, 0.6) is 0 Å². The Kier molecular flexibility index (Phi) is 20.1. The zero-order valence-corrected chi connectivity index (χ0v) is 26.9. The third-order valence-electron chi connectivity index (χ3n) is 5.85. The molecule has 0 aromatic carbocycles. The molecule has 1 atom stereocenters. The molecule has 0 fully saturated rings. The first-order valence-corrected chi connectivity index (χ1v) is 13.6. The summed E-state index contributed by atoms with van der Waals surface area (Å²) in [6, 6.07) is 0.0547. The van der Waals surface area contributed by atoms with E-state index in [9.17, 15) is 0 Å². The fourth-order valence-electron chi connectivity index (χ4n) is 3.91. The second-order valence-electron chi connectivity index (χ2n) is 8.72. The molecule has 0 spiro atoms. The topological polar surface area (TPSA) is 60.6 Å². The van der Waals surface area contributed by atoms with Crippen molar-refractivity contribution in [1.82, 2.24) is 26.4 Å². The van der Waals surface area contributed by atoms with Gasteiger partial charge in [0.15, 0.2) is 0 Å². The van der Waals surface area contributed by atoms with Gasteiger partial charge in [-0.2, -0.15) is 12.3 Å². The van der Waals surface area contributed by atoms with Gasteiger partial charge >= 0.3 is 51.4 Å². The van der Waals surface area contributed by atoms with Crippen molar-refractivity contribution in [3.63, 3.8) is 0 Å². The van der Waals surface area contributed by atoms with Gasteiger partial charge in [0.25, 0.3) is 0 Å². The molecule has 7 heteroatoms. The van der Waals surface area contributed by atoms with Crippen molar-refractivity contribution < 1.29 is 56.1 Å². The van der Waals surface area contributed by atoms with Crippen molar-refractivity contribution in [1.29, 1.82) is 0 Å². The molecule has 0 saturated carbocycles. The van der Waals surface area contributed by atoms with Crippen LogP contribution in [0.3, 0.4) is 0 Å². The van der Waals surface area contributed by atoms with E-state index in [1.54, 1.807) is 0 Å². The number of nitrogens with zero attached hydrogens (tertiary/aromatic N) is 1. The molecule has 0 amide bonds. The van der Waals surface area contributed by atoms with Crippen LogP contribution in [0.15, 0.2) is 77.3 Å². The molecule has 0 bridgehead atoms. The van der Waals surface area contributed by atoms with Crippen molar-refractivity contribution in [2.24, 2.45) is 0 Å². The molecule has 2 aliphatic heterocycles. The second-order valence-corrected chi connectivity index (χ2v) is 8.72. The van der Waals surface area contributed by atoms with Gasteiger partial charge in [-0.25, -0.2) is 0 Å². The van der Waals surface area contributed by atoms with E-state index in [4.69, 9.17) is 4.74 Å². The van der Waals surface area contributed by atoms with E-state index in [1.807, 2.05) is 31.5 Å². The van der Waals surface area contributed by atoms with Gasteiger partial charge in [0, 0.05) is 19.7 Å². The quantitative estimate of drug-likeness (QED) is 0.0997. The number of rotatable bonds is 17. The molecule has 0 radical (unpaired) electrons. The van der Waals surface area contributed by atoms with Crippen LogP contribution in [0.2, 0.25) is 0 Å². The van der Waals surface area contributed by atoms with Crippen molar-refractivity contribution >= 4 is 0 Å². The fraction of sp³-hybridized carbons (Fsp3) is 0.500. The number of hydrogen-bond donors (Lipinski definition) is 4. The van der Waals surface area contributed by atoms with E-state index in [2.05, 4.69) is 90.2 Å². The largest absolute Gasteiger partial charge is 1.00 e. The molecular formula is C30H47KN5O-. The summed E-state index contributed by atoms with van der Waals surface area (Å²) >= 11 is 0. The van der Waals surface area contributed by atoms with E-state index in [0.717, 1.165) is 38.2 Å². The van der Waals surface area contributed by atoms with Crippen molar-refractivity contribution in [2.45, 2.75) is 65.8 Å². The Morgan fingerprint density at radius 3 is 2.89 bits per heavy atom. The van der Waals surface area contributed by atoms with E-state index in [1.165, 1.54) is 29.6 Å². The Labute approximate surface area is 268 Å². The first kappa shape index (κ1) is 34.0. The summed E-state index contributed by atoms with van der Waals surface area (Å²) in [7, 11) is 0. The third kappa shape index (κ3) is 13.5. The molecule has 0 saturated heterocycles. The van der Waals surface area contributed by atoms with Gasteiger partial charge in [0.05, 0.1) is 12.6 Å². The van der Waals surface area contributed by atoms with Crippen LogP contribution in [0, 0.1) is 12.7 Å². The van der Waals surface area contributed by atoms with Crippen LogP contribution >= 0.6 is 0 Å². The first-order chi connectivity index (χ1) is 17.7. The molecule has 6 nitrogen and oxygen atoms in total. The summed E-state index contributed by atoms with van der Waals surface area (Å²) in [4.78, 5) is 0. The summed E-state index contributed by atoms with van der Waals surface area (Å²) in [5, 5.41) is 12.3. The minimum absolute atomic E-state index is 0. The third-order valence-corrected chi connectivity index (χ3v) is 5.85. The van der Waals surface area contributed by atoms with Crippen molar-refractivity contribution in [3.8, 4) is 0 Å². The molecule has 200 valence electrons. The van der Waals surface area contributed by atoms with Gasteiger partial charge in [0.1, 0.15) is 0 Å². The number of hydrazine groups is 1. The monoisotopic (exact) mass is 532 g/mol. The minimum atomic E-state index is 0. The van der Waals surface area contributed by atoms with Gasteiger partial charge in [-0.3, -0.25) is 5.43 Å². The molecule has 37 heavy (non-hydrogen) atoms. The smallest absolute Gasteiger partial charge is 0.446 e. The maximum atomic E-state index is 5.52. The summed E-state index contributed by atoms with van der Waals surface area (Å²) in [5.41, 5.74) is 7.51. The zero-order chi connectivity index (χ0) is 25.8. The number of allylic oxidation sites excluding steroid dienone is 4. The normalized spacial score (nSPS) is 18.9. The minimum Gasteiger partial charge on any atom is -0.446 e. The van der Waals surface area contributed by atoms with Crippen LogP contribution in [-0.2, 0) is 4.74 Å². The Morgan fingerprint density at radius 2 is 2.19 bits per heavy atom. The molecule has 2 rings (SSSR count). The van der Waals surface area contributed by atoms with Gasteiger partial charge < -0.3 is 25.7 Å². The van der Waals surface area contributed by atoms with Gasteiger partial charge in [-0.1, -0.05) is 56.7 Å². The van der Waals surface area contributed by atoms with Gasteiger partial charge in [0.2, 0.25) is 0 Å². The van der Waals surface area contributed by atoms with Crippen LogP contribution in [0.1, 0.15) is 59.8 Å². The maximum absolute atomic E-state index is 5.52. The summed E-state index contributed by atoms with van der Waals surface area (Å²) in [6.45, 7) is 14.5. The maximum Gasteiger partial charge on any atom is 1.00 e. The van der Waals surface area contributed by atoms with E-state index in [-0.39, 0.29) is 57.4 Å². The van der Waals surface area contributed by atoms with Crippen LogP contribution in [0.25, 0.3) is 0 Å². The van der Waals surface area contributed by atoms with E-state index >= 15 is 0 Å². The molecule has 4 N–H and O–H groups in total. The molecule has 0 aliphatic carbocycles. The molecule has 0 aromatic rings. The van der Waals surface area contributed by atoms with Gasteiger partial charge in [-0.05, 0) is 74.8 Å². The molecule has 2 heterocycles. The average Bonchev–Trinajstić information content (AvgIpc) is 3.39. The standard InChI is InChI=1S/C30H47N5O.K/c1-5-9-11-15-26(13-7-3)29-18-22-35(34-29)30(33-21-23-36-8-4)17-20-32-25-27(14-10-6-2)28-16-12-19-31-24-28;/h7,9,11,13,15-18,20,25,29,31-34H,5-6,8,10,12,14,19,21,23-24H2,1-4H3;/q-2;+1/b11-9+,13-7-,26-15+,27-25+,30-17-;. The molecule has 1 unspecified atom stereocenters. The van der Waals surface area contributed by atoms with Crippen LogP contribution in [0.4, 0.5) is 0 Å². The zero-order valence-electron chi connectivity index (χ0n) is 23.8. The summed E-state index contributed by atoms with van der Waals surface area (Å²) in [5.74, 6) is 0.909. The number of ether oxygens (including phenoxy) is 1. The van der Waals surface area contributed by atoms with Crippen LogP contribution in [-0.4, -0.2) is 43.9 Å². The Balaban J connectivity index is 0.00000684. The summed E-state index contributed by atoms with van der Waals surface area (Å²) < 4.78 is 5.52. The van der Waals surface area contributed by atoms with Crippen molar-refractivity contribution in [2.75, 3.05) is 32.8 Å². The van der Waals surface area contributed by atoms with E-state index in [0.29, 0.717) is 19.8 Å². The number of hydrogen-bond acceptors (Lipinski definition) is 6. The van der Waals surface area contributed by atoms with Crippen LogP contribution < -0.4 is 72.8 Å². The fourth-order valence-corrected chi connectivity index (χ4v) is 3.91. The first-order valence-electron chi connectivity index (χ1n) is 13.6. The van der Waals surface area contributed by atoms with E-state index < -0.39 is 0 Å². The summed E-state index contributed by atoms with van der Waals surface area (Å²) in [6.07, 6.45) is 28.2. The Bertz CT molecular complexity index is 841. The predicted molar refractivity (Wildman–Crippen MR) is 152 cm³/mol. The number of nitrogens with one attached hydrogen (secondary N) is 4. The van der Waals surface area contributed by atoms with Crippen molar-refractivity contribution in [3.05, 3.63) is 90.1 Å². The Hall–Kier alpha value is -1.03. The molecule has 0 aromatic heterocycles. The average molecular weight is 533 g/mol. The van der Waals surface area contributed by atoms with Gasteiger partial charge in [-0.15, -0.1) is 12.6 Å². The SMILES string of the molecule is C\C=C/C(=C\C=C\CC)C1C=[C-]N(/C(=C\[CH-]N/C=C(\CCCC)C2=CCCNC2)NCCOCC)N1.[K+]. The predicted octanol–water partition coefficient (Wildman–Crippen LogP) is 2.18. The molecule has 2 aliphatic rings. The number of unbranched alkanes of at least 4 members (excludes halogenated alkanes) is 1. The molecular weight excluding hydrogens is 485 g/mol.